The molecule has 7 nitrogen and oxygen atoms in total. The molecule has 8 heteroatoms. The van der Waals surface area contributed by atoms with Gasteiger partial charge in [0.25, 0.3) is 5.91 Å². The molecule has 0 aliphatic heterocycles. The van der Waals surface area contributed by atoms with Crippen LogP contribution in [-0.2, 0) is 0 Å². The van der Waals surface area contributed by atoms with Crippen molar-refractivity contribution in [1.29, 1.82) is 0 Å². The van der Waals surface area contributed by atoms with Gasteiger partial charge in [-0.15, -0.1) is 11.3 Å². The zero-order chi connectivity index (χ0) is 15.8. The Kier molecular flexibility index (Phi) is 3.09. The van der Waals surface area contributed by atoms with Gasteiger partial charge in [0.05, 0.1) is 11.8 Å². The van der Waals surface area contributed by atoms with Crippen LogP contribution >= 0.6 is 11.3 Å². The summed E-state index contributed by atoms with van der Waals surface area (Å²) in [5, 5.41) is 5.02. The lowest BCUT2D eigenvalue weighted by Gasteiger charge is -2.02. The van der Waals surface area contributed by atoms with Crippen molar-refractivity contribution in [2.75, 3.05) is 5.32 Å². The first-order valence-electron chi connectivity index (χ1n) is 6.63. The van der Waals surface area contributed by atoms with Crippen LogP contribution in [0.25, 0.3) is 21.9 Å². The summed E-state index contributed by atoms with van der Waals surface area (Å²) >= 11 is 1.32. The second-order valence-electron chi connectivity index (χ2n) is 4.69. The van der Waals surface area contributed by atoms with E-state index in [0.29, 0.717) is 33.2 Å². The van der Waals surface area contributed by atoms with Crippen LogP contribution in [0.5, 0.6) is 0 Å². The fourth-order valence-corrected chi connectivity index (χ4v) is 2.88. The van der Waals surface area contributed by atoms with E-state index in [4.69, 9.17) is 8.83 Å². The first kappa shape index (κ1) is 13.5. The Labute approximate surface area is 132 Å². The predicted octanol–water partition coefficient (Wildman–Crippen LogP) is 3.09. The molecule has 4 rings (SSSR count). The lowest BCUT2D eigenvalue weighted by Crippen LogP contribution is -2.12. The van der Waals surface area contributed by atoms with Gasteiger partial charge in [0.15, 0.2) is 16.4 Å². The Bertz CT molecular complexity index is 1040. The number of furan rings is 1. The average molecular weight is 327 g/mol. The van der Waals surface area contributed by atoms with Gasteiger partial charge >= 0.3 is 5.76 Å². The van der Waals surface area contributed by atoms with Crippen molar-refractivity contribution in [3.05, 3.63) is 58.2 Å². The Hall–Kier alpha value is -3.13. The number of nitrogens with zero attached hydrogens (tertiary/aromatic N) is 1. The molecule has 114 valence electrons. The summed E-state index contributed by atoms with van der Waals surface area (Å²) in [5.74, 6) is -0.262. The molecule has 4 aromatic rings. The summed E-state index contributed by atoms with van der Waals surface area (Å²) in [5.41, 5.74) is 1.78. The number of hydrogen-bond acceptors (Lipinski definition) is 6. The SMILES string of the molecule is O=C(Nc1ccc2oc(=O)[nH]c2c1)c1csc(-c2ccco2)n1. The molecule has 0 atom stereocenters. The third-order valence-electron chi connectivity index (χ3n) is 3.15. The molecular weight excluding hydrogens is 318 g/mol. The quantitative estimate of drug-likeness (QED) is 0.602. The molecule has 0 spiro atoms. The van der Waals surface area contributed by atoms with E-state index >= 15 is 0 Å². The molecule has 1 amide bonds. The number of H-pyrrole nitrogens is 1. The fraction of sp³-hybridized carbons (Fsp3) is 0. The third-order valence-corrected chi connectivity index (χ3v) is 4.00. The minimum atomic E-state index is -0.536. The maximum absolute atomic E-state index is 12.2. The summed E-state index contributed by atoms with van der Waals surface area (Å²) in [7, 11) is 0. The number of rotatable bonds is 3. The van der Waals surface area contributed by atoms with Crippen molar-refractivity contribution in [3.63, 3.8) is 0 Å². The standard InChI is InChI=1S/C15H9N3O4S/c19-13(10-7-23-14(17-10)12-2-1-5-21-12)16-8-3-4-11-9(6-8)18-15(20)22-11/h1-7H,(H,16,19)(H,18,20). The van der Waals surface area contributed by atoms with E-state index in [1.54, 1.807) is 42.0 Å². The number of benzene rings is 1. The number of hydrogen-bond donors (Lipinski definition) is 2. The lowest BCUT2D eigenvalue weighted by atomic mass is 10.3. The molecule has 0 saturated heterocycles. The Morgan fingerprint density at radius 3 is 3.04 bits per heavy atom. The number of carbonyl (C=O) groups excluding carboxylic acids is 1. The molecule has 0 radical (unpaired) electrons. The van der Waals surface area contributed by atoms with Crippen LogP contribution in [-0.4, -0.2) is 15.9 Å². The van der Waals surface area contributed by atoms with Crippen LogP contribution in [0.4, 0.5) is 5.69 Å². The molecule has 0 aliphatic rings. The number of nitrogens with one attached hydrogen (secondary N) is 2. The number of aromatic amines is 1. The predicted molar refractivity (Wildman–Crippen MR) is 84.6 cm³/mol. The molecule has 0 bridgehead atoms. The van der Waals surface area contributed by atoms with Crippen molar-refractivity contribution in [1.82, 2.24) is 9.97 Å². The van der Waals surface area contributed by atoms with Crippen molar-refractivity contribution in [3.8, 4) is 10.8 Å². The van der Waals surface area contributed by atoms with E-state index in [1.807, 2.05) is 0 Å². The summed E-state index contributed by atoms with van der Waals surface area (Å²) in [6, 6.07) is 8.42. The number of anilines is 1. The Balaban J connectivity index is 1.57. The topological polar surface area (TPSA) is 101 Å². The van der Waals surface area contributed by atoms with Crippen molar-refractivity contribution >= 4 is 34.0 Å². The molecule has 2 N–H and O–H groups in total. The normalized spacial score (nSPS) is 11.0. The van der Waals surface area contributed by atoms with Gasteiger partial charge in [-0.3, -0.25) is 9.78 Å². The molecular formula is C15H9N3O4S. The van der Waals surface area contributed by atoms with Gasteiger partial charge in [-0.1, -0.05) is 0 Å². The molecule has 0 saturated carbocycles. The molecule has 3 heterocycles. The van der Waals surface area contributed by atoms with E-state index in [0.717, 1.165) is 0 Å². The number of aromatic nitrogens is 2. The minimum absolute atomic E-state index is 0.294. The smallest absolute Gasteiger partial charge is 0.417 e. The minimum Gasteiger partial charge on any atom is -0.462 e. The van der Waals surface area contributed by atoms with Crippen LogP contribution in [0.2, 0.25) is 0 Å². The van der Waals surface area contributed by atoms with E-state index in [-0.39, 0.29) is 5.91 Å². The molecule has 23 heavy (non-hydrogen) atoms. The zero-order valence-corrected chi connectivity index (χ0v) is 12.3. The van der Waals surface area contributed by atoms with E-state index < -0.39 is 5.76 Å². The molecule has 3 aromatic heterocycles. The Morgan fingerprint density at radius 2 is 2.22 bits per heavy atom. The number of thiazole rings is 1. The van der Waals surface area contributed by atoms with E-state index in [9.17, 15) is 9.59 Å². The van der Waals surface area contributed by atoms with Crippen LogP contribution < -0.4 is 11.1 Å². The highest BCUT2D eigenvalue weighted by Crippen LogP contribution is 2.24. The maximum Gasteiger partial charge on any atom is 0.417 e. The summed E-state index contributed by atoms with van der Waals surface area (Å²) < 4.78 is 10.2. The fourth-order valence-electron chi connectivity index (χ4n) is 2.12. The molecule has 0 aliphatic carbocycles. The highest BCUT2D eigenvalue weighted by molar-refractivity contribution is 7.13. The summed E-state index contributed by atoms with van der Waals surface area (Å²) in [6.45, 7) is 0. The van der Waals surface area contributed by atoms with Gasteiger partial charge in [-0.05, 0) is 30.3 Å². The highest BCUT2D eigenvalue weighted by atomic mass is 32.1. The van der Waals surface area contributed by atoms with Gasteiger partial charge < -0.3 is 14.2 Å². The van der Waals surface area contributed by atoms with Gasteiger partial charge in [0.1, 0.15) is 5.69 Å². The van der Waals surface area contributed by atoms with Gasteiger partial charge in [-0.25, -0.2) is 9.78 Å². The summed E-state index contributed by atoms with van der Waals surface area (Å²) in [6.07, 6.45) is 1.55. The van der Waals surface area contributed by atoms with Gasteiger partial charge in [-0.2, -0.15) is 0 Å². The molecule has 1 aromatic carbocycles. The summed E-state index contributed by atoms with van der Waals surface area (Å²) in [4.78, 5) is 30.2. The van der Waals surface area contributed by atoms with Gasteiger partial charge in [0, 0.05) is 11.1 Å². The van der Waals surface area contributed by atoms with Crippen LogP contribution in [0, 0.1) is 0 Å². The van der Waals surface area contributed by atoms with Crippen LogP contribution in [0.1, 0.15) is 10.5 Å². The third kappa shape index (κ3) is 2.55. The van der Waals surface area contributed by atoms with Crippen LogP contribution in [0.15, 0.2) is 55.6 Å². The molecule has 0 fully saturated rings. The first-order chi connectivity index (χ1) is 11.2. The van der Waals surface area contributed by atoms with E-state index in [2.05, 4.69) is 15.3 Å². The van der Waals surface area contributed by atoms with Crippen molar-refractivity contribution in [2.24, 2.45) is 0 Å². The second kappa shape index (κ2) is 5.25. The van der Waals surface area contributed by atoms with Crippen molar-refractivity contribution in [2.45, 2.75) is 0 Å². The number of carbonyl (C=O) groups is 1. The first-order valence-corrected chi connectivity index (χ1v) is 7.51. The second-order valence-corrected chi connectivity index (χ2v) is 5.55. The monoisotopic (exact) mass is 327 g/mol. The van der Waals surface area contributed by atoms with Gasteiger partial charge in [0.2, 0.25) is 0 Å². The largest absolute Gasteiger partial charge is 0.462 e. The zero-order valence-electron chi connectivity index (χ0n) is 11.5. The number of oxazole rings is 1. The van der Waals surface area contributed by atoms with Crippen molar-refractivity contribution < 1.29 is 13.6 Å². The van der Waals surface area contributed by atoms with Crippen LogP contribution in [0.3, 0.4) is 0 Å². The average Bonchev–Trinajstić information content (AvgIpc) is 3.26. The number of fused-ring (bicyclic) bond motifs is 1. The Morgan fingerprint density at radius 1 is 1.30 bits per heavy atom. The highest BCUT2D eigenvalue weighted by Gasteiger charge is 2.14. The maximum atomic E-state index is 12.2. The molecule has 0 unspecified atom stereocenters. The lowest BCUT2D eigenvalue weighted by molar-refractivity contribution is 0.102. The number of amides is 1. The van der Waals surface area contributed by atoms with E-state index in [1.165, 1.54) is 11.3 Å².